The Labute approximate surface area is 128 Å². The zero-order chi connectivity index (χ0) is 14.5. The van der Waals surface area contributed by atoms with E-state index in [4.69, 9.17) is 4.74 Å². The maximum absolute atomic E-state index is 5.43. The van der Waals surface area contributed by atoms with Crippen LogP contribution in [0.15, 0.2) is 30.3 Å². The molecule has 1 aromatic rings. The molecule has 0 aliphatic carbocycles. The van der Waals surface area contributed by atoms with Gasteiger partial charge >= 0.3 is 0 Å². The number of nitrogens with one attached hydrogen (secondary N) is 1. The summed E-state index contributed by atoms with van der Waals surface area (Å²) in [5, 5.41) is 3.59. The van der Waals surface area contributed by atoms with E-state index in [9.17, 15) is 0 Å². The number of likely N-dealkylation sites (tertiary alicyclic amines) is 1. The summed E-state index contributed by atoms with van der Waals surface area (Å²) in [6.45, 7) is 4.73. The Bertz CT molecular complexity index is 414. The summed E-state index contributed by atoms with van der Waals surface area (Å²) in [7, 11) is 1.82. The quantitative estimate of drug-likeness (QED) is 0.900. The van der Waals surface area contributed by atoms with E-state index in [0.717, 1.165) is 12.5 Å². The molecule has 116 valence electrons. The Morgan fingerprint density at radius 3 is 2.62 bits per heavy atom. The average Bonchev–Trinajstić information content (AvgIpc) is 2.98. The third kappa shape index (κ3) is 4.29. The van der Waals surface area contributed by atoms with Gasteiger partial charge in [-0.15, -0.1) is 0 Å². The molecular weight excluding hydrogens is 260 g/mol. The van der Waals surface area contributed by atoms with Crippen molar-refractivity contribution in [2.75, 3.05) is 33.3 Å². The Hall–Kier alpha value is -0.900. The van der Waals surface area contributed by atoms with E-state index in [1.54, 1.807) is 0 Å². The molecule has 2 fully saturated rings. The number of benzene rings is 1. The second kappa shape index (κ2) is 7.39. The van der Waals surface area contributed by atoms with E-state index >= 15 is 0 Å². The van der Waals surface area contributed by atoms with E-state index in [-0.39, 0.29) is 0 Å². The lowest BCUT2D eigenvalue weighted by atomic mass is 9.90. The standard InChI is InChI=1S/C18H28N2O/c1-21-18-12-17(19-13-18)14-20-9-7-16(8-10-20)11-15-5-3-2-4-6-15/h2-6,16-19H,7-14H2,1H3. The molecule has 0 aromatic heterocycles. The molecule has 0 spiro atoms. The van der Waals surface area contributed by atoms with Crippen LogP contribution in [0.5, 0.6) is 0 Å². The number of hydrogen-bond donors (Lipinski definition) is 1. The molecule has 2 atom stereocenters. The van der Waals surface area contributed by atoms with E-state index in [1.807, 2.05) is 7.11 Å². The first kappa shape index (κ1) is 15.0. The molecule has 1 N–H and O–H groups in total. The number of rotatable bonds is 5. The van der Waals surface area contributed by atoms with Gasteiger partial charge in [0, 0.05) is 26.2 Å². The van der Waals surface area contributed by atoms with Crippen LogP contribution in [0.4, 0.5) is 0 Å². The minimum Gasteiger partial charge on any atom is -0.380 e. The second-order valence-electron chi connectivity index (χ2n) is 6.63. The summed E-state index contributed by atoms with van der Waals surface area (Å²) in [5.41, 5.74) is 1.50. The van der Waals surface area contributed by atoms with Gasteiger partial charge < -0.3 is 15.0 Å². The van der Waals surface area contributed by atoms with Crippen LogP contribution in [0.1, 0.15) is 24.8 Å². The number of piperidine rings is 1. The zero-order valence-electron chi connectivity index (χ0n) is 13.1. The van der Waals surface area contributed by atoms with Crippen LogP contribution < -0.4 is 5.32 Å². The summed E-state index contributed by atoms with van der Waals surface area (Å²) in [5.74, 6) is 0.868. The third-order valence-corrected chi connectivity index (χ3v) is 5.07. The average molecular weight is 288 g/mol. The van der Waals surface area contributed by atoms with E-state index in [1.165, 1.54) is 50.9 Å². The Kier molecular flexibility index (Phi) is 5.28. The maximum atomic E-state index is 5.43. The highest BCUT2D eigenvalue weighted by Crippen LogP contribution is 2.22. The molecule has 2 aliphatic heterocycles. The van der Waals surface area contributed by atoms with Gasteiger partial charge in [0.15, 0.2) is 0 Å². The molecule has 1 aromatic carbocycles. The first-order chi connectivity index (χ1) is 10.3. The largest absolute Gasteiger partial charge is 0.380 e. The summed E-state index contributed by atoms with van der Waals surface area (Å²) in [6.07, 6.45) is 5.53. The van der Waals surface area contributed by atoms with Gasteiger partial charge in [-0.2, -0.15) is 0 Å². The van der Waals surface area contributed by atoms with Crippen LogP contribution in [0.25, 0.3) is 0 Å². The third-order valence-electron chi connectivity index (χ3n) is 5.07. The fraction of sp³-hybridized carbons (Fsp3) is 0.667. The van der Waals surface area contributed by atoms with Crippen LogP contribution in [-0.4, -0.2) is 50.3 Å². The van der Waals surface area contributed by atoms with Crippen LogP contribution in [0.3, 0.4) is 0 Å². The number of ether oxygens (including phenoxy) is 1. The van der Waals surface area contributed by atoms with Gasteiger partial charge in [-0.3, -0.25) is 0 Å². The summed E-state index contributed by atoms with van der Waals surface area (Å²) >= 11 is 0. The van der Waals surface area contributed by atoms with Crippen molar-refractivity contribution >= 4 is 0 Å². The van der Waals surface area contributed by atoms with E-state index in [2.05, 4.69) is 40.5 Å². The molecule has 0 amide bonds. The minimum absolute atomic E-state index is 0.422. The van der Waals surface area contributed by atoms with Crippen LogP contribution in [0, 0.1) is 5.92 Å². The van der Waals surface area contributed by atoms with Crippen LogP contribution in [0.2, 0.25) is 0 Å². The van der Waals surface area contributed by atoms with Crippen LogP contribution in [-0.2, 0) is 11.2 Å². The first-order valence-electron chi connectivity index (χ1n) is 8.36. The zero-order valence-corrected chi connectivity index (χ0v) is 13.1. The van der Waals surface area contributed by atoms with Gasteiger partial charge in [0.1, 0.15) is 0 Å². The number of nitrogens with zero attached hydrogens (tertiary/aromatic N) is 1. The van der Waals surface area contributed by atoms with Crippen molar-refractivity contribution in [3.05, 3.63) is 35.9 Å². The molecule has 2 unspecified atom stereocenters. The van der Waals surface area contributed by atoms with Gasteiger partial charge in [-0.1, -0.05) is 30.3 Å². The fourth-order valence-corrected chi connectivity index (χ4v) is 3.73. The molecule has 21 heavy (non-hydrogen) atoms. The maximum Gasteiger partial charge on any atom is 0.0711 e. The monoisotopic (exact) mass is 288 g/mol. The highest BCUT2D eigenvalue weighted by atomic mass is 16.5. The predicted octanol–water partition coefficient (Wildman–Crippen LogP) is 2.32. The second-order valence-corrected chi connectivity index (χ2v) is 6.63. The molecule has 3 heteroatoms. The van der Waals surface area contributed by atoms with Gasteiger partial charge in [-0.25, -0.2) is 0 Å². The highest BCUT2D eigenvalue weighted by Gasteiger charge is 2.27. The molecule has 0 bridgehead atoms. The fourth-order valence-electron chi connectivity index (χ4n) is 3.73. The molecule has 2 aliphatic rings. The van der Waals surface area contributed by atoms with Crippen molar-refractivity contribution in [1.29, 1.82) is 0 Å². The molecule has 2 heterocycles. The van der Waals surface area contributed by atoms with Crippen molar-refractivity contribution < 1.29 is 4.74 Å². The lowest BCUT2D eigenvalue weighted by Crippen LogP contribution is -2.42. The van der Waals surface area contributed by atoms with Crippen LogP contribution >= 0.6 is 0 Å². The lowest BCUT2D eigenvalue weighted by Gasteiger charge is -2.33. The van der Waals surface area contributed by atoms with E-state index in [0.29, 0.717) is 12.1 Å². The molecule has 2 saturated heterocycles. The number of methoxy groups -OCH3 is 1. The first-order valence-corrected chi connectivity index (χ1v) is 8.36. The van der Waals surface area contributed by atoms with Gasteiger partial charge in [0.25, 0.3) is 0 Å². The highest BCUT2D eigenvalue weighted by molar-refractivity contribution is 5.15. The van der Waals surface area contributed by atoms with Gasteiger partial charge in [-0.05, 0) is 50.3 Å². The molecule has 0 radical (unpaired) electrons. The number of hydrogen-bond acceptors (Lipinski definition) is 3. The van der Waals surface area contributed by atoms with Crippen molar-refractivity contribution in [3.63, 3.8) is 0 Å². The molecular formula is C18H28N2O. The SMILES string of the molecule is COC1CNC(CN2CCC(Cc3ccccc3)CC2)C1. The lowest BCUT2D eigenvalue weighted by molar-refractivity contribution is 0.113. The Morgan fingerprint density at radius 1 is 1.19 bits per heavy atom. The van der Waals surface area contributed by atoms with Gasteiger partial charge in [0.05, 0.1) is 6.10 Å². The van der Waals surface area contributed by atoms with Crippen molar-refractivity contribution in [1.82, 2.24) is 10.2 Å². The smallest absolute Gasteiger partial charge is 0.0711 e. The van der Waals surface area contributed by atoms with Crippen molar-refractivity contribution in [2.45, 2.75) is 37.8 Å². The Balaban J connectivity index is 1.39. The molecule has 3 nitrogen and oxygen atoms in total. The minimum atomic E-state index is 0.422. The van der Waals surface area contributed by atoms with Crippen molar-refractivity contribution in [3.8, 4) is 0 Å². The summed E-state index contributed by atoms with van der Waals surface area (Å²) < 4.78 is 5.43. The summed E-state index contributed by atoms with van der Waals surface area (Å²) in [6, 6.07) is 11.6. The molecule has 0 saturated carbocycles. The topological polar surface area (TPSA) is 24.5 Å². The molecule has 3 rings (SSSR count). The summed E-state index contributed by atoms with van der Waals surface area (Å²) in [4.78, 5) is 2.64. The van der Waals surface area contributed by atoms with E-state index < -0.39 is 0 Å². The van der Waals surface area contributed by atoms with Crippen molar-refractivity contribution in [2.24, 2.45) is 5.92 Å². The van der Waals surface area contributed by atoms with Gasteiger partial charge in [0.2, 0.25) is 0 Å². The Morgan fingerprint density at radius 2 is 1.95 bits per heavy atom. The normalized spacial score (nSPS) is 28.0. The predicted molar refractivity (Wildman–Crippen MR) is 86.5 cm³/mol.